The first-order chi connectivity index (χ1) is 11.2. The molecule has 1 aromatic carbocycles. The summed E-state index contributed by atoms with van der Waals surface area (Å²) in [5, 5.41) is 9.06. The van der Waals surface area contributed by atoms with Gasteiger partial charge in [0.25, 0.3) is 0 Å². The van der Waals surface area contributed by atoms with Crippen molar-refractivity contribution in [1.82, 2.24) is 20.1 Å². The van der Waals surface area contributed by atoms with E-state index in [-0.39, 0.29) is 0 Å². The number of rotatable bonds is 6. The standard InChI is InChI=1S/C18H22N4S/c1-4-17-21-14(3)18(23-17)13(2)19-12-15-6-8-16(9-7-15)22-11-5-10-20-22/h5-11,13,19H,4,12H2,1-3H3/t13-/m0/s1. The highest BCUT2D eigenvalue weighted by atomic mass is 32.1. The Hall–Kier alpha value is -1.98. The van der Waals surface area contributed by atoms with Gasteiger partial charge in [0.05, 0.1) is 16.4 Å². The van der Waals surface area contributed by atoms with Crippen LogP contribution in [-0.4, -0.2) is 14.8 Å². The highest BCUT2D eigenvalue weighted by Crippen LogP contribution is 2.25. The molecule has 0 fully saturated rings. The summed E-state index contributed by atoms with van der Waals surface area (Å²) in [6.07, 6.45) is 4.75. The molecule has 0 amide bonds. The van der Waals surface area contributed by atoms with Crippen molar-refractivity contribution in [3.8, 4) is 5.69 Å². The first kappa shape index (κ1) is 15.9. The molecular weight excluding hydrogens is 304 g/mol. The Bertz CT molecular complexity index is 744. The highest BCUT2D eigenvalue weighted by molar-refractivity contribution is 7.11. The molecule has 3 aromatic rings. The van der Waals surface area contributed by atoms with E-state index in [1.54, 1.807) is 6.20 Å². The van der Waals surface area contributed by atoms with Gasteiger partial charge in [-0.25, -0.2) is 9.67 Å². The summed E-state index contributed by atoms with van der Waals surface area (Å²) in [7, 11) is 0. The van der Waals surface area contributed by atoms with Crippen molar-refractivity contribution in [3.05, 3.63) is 63.9 Å². The lowest BCUT2D eigenvalue weighted by atomic mass is 10.2. The molecule has 0 spiro atoms. The SMILES string of the molecule is CCc1nc(C)c([C@H](C)NCc2ccc(-n3cccn3)cc2)s1. The first-order valence-electron chi connectivity index (χ1n) is 7.96. The molecule has 120 valence electrons. The van der Waals surface area contributed by atoms with Crippen LogP contribution < -0.4 is 5.32 Å². The molecule has 0 radical (unpaired) electrons. The van der Waals surface area contributed by atoms with Crippen LogP contribution in [0, 0.1) is 6.92 Å². The van der Waals surface area contributed by atoms with Crippen molar-refractivity contribution in [2.75, 3.05) is 0 Å². The topological polar surface area (TPSA) is 42.7 Å². The van der Waals surface area contributed by atoms with E-state index in [0.717, 1.165) is 24.3 Å². The van der Waals surface area contributed by atoms with Gasteiger partial charge in [-0.3, -0.25) is 0 Å². The monoisotopic (exact) mass is 326 g/mol. The number of thiazole rings is 1. The van der Waals surface area contributed by atoms with Crippen molar-refractivity contribution < 1.29 is 0 Å². The average Bonchev–Trinajstić information content (AvgIpc) is 3.22. The van der Waals surface area contributed by atoms with Crippen LogP contribution in [0.3, 0.4) is 0 Å². The molecule has 1 atom stereocenters. The largest absolute Gasteiger partial charge is 0.305 e. The summed E-state index contributed by atoms with van der Waals surface area (Å²) < 4.78 is 1.87. The van der Waals surface area contributed by atoms with Crippen molar-refractivity contribution in [2.24, 2.45) is 0 Å². The molecule has 3 rings (SSSR count). The first-order valence-corrected chi connectivity index (χ1v) is 8.77. The minimum Gasteiger partial charge on any atom is -0.305 e. The third-order valence-electron chi connectivity index (χ3n) is 3.89. The fourth-order valence-corrected chi connectivity index (χ4v) is 3.60. The molecule has 23 heavy (non-hydrogen) atoms. The van der Waals surface area contributed by atoms with Gasteiger partial charge >= 0.3 is 0 Å². The number of hydrogen-bond acceptors (Lipinski definition) is 4. The van der Waals surface area contributed by atoms with Crippen LogP contribution >= 0.6 is 11.3 Å². The zero-order chi connectivity index (χ0) is 16.2. The van der Waals surface area contributed by atoms with E-state index < -0.39 is 0 Å². The van der Waals surface area contributed by atoms with Gasteiger partial charge in [0.15, 0.2) is 0 Å². The molecule has 0 aliphatic carbocycles. The smallest absolute Gasteiger partial charge is 0.0928 e. The van der Waals surface area contributed by atoms with Crippen LogP contribution in [0.5, 0.6) is 0 Å². The van der Waals surface area contributed by atoms with Gasteiger partial charge in [-0.05, 0) is 44.0 Å². The molecule has 1 N–H and O–H groups in total. The maximum Gasteiger partial charge on any atom is 0.0928 e. The zero-order valence-corrected chi connectivity index (χ0v) is 14.6. The lowest BCUT2D eigenvalue weighted by Crippen LogP contribution is -2.17. The van der Waals surface area contributed by atoms with Gasteiger partial charge in [-0.15, -0.1) is 11.3 Å². The van der Waals surface area contributed by atoms with E-state index in [4.69, 9.17) is 0 Å². The predicted octanol–water partition coefficient (Wildman–Crippen LogP) is 4.05. The second kappa shape index (κ2) is 7.06. The quantitative estimate of drug-likeness (QED) is 0.743. The second-order valence-corrected chi connectivity index (χ2v) is 6.75. The molecular formula is C18H22N4S. The zero-order valence-electron chi connectivity index (χ0n) is 13.8. The van der Waals surface area contributed by atoms with Gasteiger partial charge in [0.2, 0.25) is 0 Å². The Morgan fingerprint density at radius 1 is 1.26 bits per heavy atom. The number of aromatic nitrogens is 3. The maximum absolute atomic E-state index is 4.61. The van der Waals surface area contributed by atoms with E-state index in [2.05, 4.69) is 60.4 Å². The van der Waals surface area contributed by atoms with Crippen LogP contribution in [0.25, 0.3) is 5.69 Å². The van der Waals surface area contributed by atoms with Crippen LogP contribution in [0.4, 0.5) is 0 Å². The van der Waals surface area contributed by atoms with E-state index in [1.165, 1.54) is 15.4 Å². The van der Waals surface area contributed by atoms with Crippen molar-refractivity contribution >= 4 is 11.3 Å². The van der Waals surface area contributed by atoms with Crippen molar-refractivity contribution in [2.45, 2.75) is 39.8 Å². The molecule has 0 bridgehead atoms. The fraction of sp³-hybridized carbons (Fsp3) is 0.333. The Kier molecular flexibility index (Phi) is 4.88. The van der Waals surface area contributed by atoms with Gasteiger partial charge in [0, 0.05) is 29.9 Å². The van der Waals surface area contributed by atoms with Crippen molar-refractivity contribution in [1.29, 1.82) is 0 Å². The van der Waals surface area contributed by atoms with E-state index in [9.17, 15) is 0 Å². The molecule has 4 nitrogen and oxygen atoms in total. The molecule has 0 aliphatic rings. The maximum atomic E-state index is 4.61. The van der Waals surface area contributed by atoms with Crippen molar-refractivity contribution in [3.63, 3.8) is 0 Å². The number of benzene rings is 1. The normalized spacial score (nSPS) is 12.5. The summed E-state index contributed by atoms with van der Waals surface area (Å²) in [5.41, 5.74) is 3.50. The number of nitrogens with one attached hydrogen (secondary N) is 1. The molecule has 0 saturated carbocycles. The Morgan fingerprint density at radius 2 is 2.04 bits per heavy atom. The molecule has 0 unspecified atom stereocenters. The molecule has 2 aromatic heterocycles. The molecule has 0 saturated heterocycles. The van der Waals surface area contributed by atoms with Gasteiger partial charge in [-0.1, -0.05) is 19.1 Å². The van der Waals surface area contributed by atoms with Gasteiger partial charge in [0.1, 0.15) is 0 Å². The van der Waals surface area contributed by atoms with Gasteiger partial charge < -0.3 is 5.32 Å². The average molecular weight is 326 g/mol. The second-order valence-electron chi connectivity index (χ2n) is 5.63. The van der Waals surface area contributed by atoms with E-state index in [1.807, 2.05) is 28.3 Å². The molecule has 5 heteroatoms. The Morgan fingerprint density at radius 3 is 2.65 bits per heavy atom. The molecule has 2 heterocycles. The van der Waals surface area contributed by atoms with Crippen LogP contribution in [0.15, 0.2) is 42.7 Å². The summed E-state index contributed by atoms with van der Waals surface area (Å²) in [5.74, 6) is 0. The minimum absolute atomic E-state index is 0.318. The van der Waals surface area contributed by atoms with E-state index >= 15 is 0 Å². The predicted molar refractivity (Wildman–Crippen MR) is 95.0 cm³/mol. The summed E-state index contributed by atoms with van der Waals surface area (Å²) in [6, 6.07) is 10.7. The summed E-state index contributed by atoms with van der Waals surface area (Å²) in [4.78, 5) is 5.96. The lowest BCUT2D eigenvalue weighted by molar-refractivity contribution is 0.579. The molecule has 0 aliphatic heterocycles. The van der Waals surface area contributed by atoms with Crippen LogP contribution in [0.1, 0.15) is 41.0 Å². The van der Waals surface area contributed by atoms with Gasteiger partial charge in [-0.2, -0.15) is 5.10 Å². The third-order valence-corrected chi connectivity index (χ3v) is 5.37. The summed E-state index contributed by atoms with van der Waals surface area (Å²) >= 11 is 1.82. The number of nitrogens with zero attached hydrogens (tertiary/aromatic N) is 3. The van der Waals surface area contributed by atoms with E-state index in [0.29, 0.717) is 6.04 Å². The summed E-state index contributed by atoms with van der Waals surface area (Å²) in [6.45, 7) is 7.31. The van der Waals surface area contributed by atoms with Crippen LogP contribution in [-0.2, 0) is 13.0 Å². The number of aryl methyl sites for hydroxylation is 2. The van der Waals surface area contributed by atoms with Crippen LogP contribution in [0.2, 0.25) is 0 Å². The Labute approximate surface area is 141 Å². The fourth-order valence-electron chi connectivity index (χ4n) is 2.57. The Balaban J connectivity index is 1.62. The highest BCUT2D eigenvalue weighted by Gasteiger charge is 2.13. The number of hydrogen-bond donors (Lipinski definition) is 1. The lowest BCUT2D eigenvalue weighted by Gasteiger charge is -2.13. The minimum atomic E-state index is 0.318. The third kappa shape index (κ3) is 3.68.